The summed E-state index contributed by atoms with van der Waals surface area (Å²) >= 11 is 0. The topological polar surface area (TPSA) is 109 Å². The molecular formula is C24H24N6O3S. The predicted octanol–water partition coefficient (Wildman–Crippen LogP) is 4.35. The van der Waals surface area contributed by atoms with Crippen molar-refractivity contribution in [2.24, 2.45) is 0 Å². The Morgan fingerprint density at radius 3 is 2.12 bits per heavy atom. The molecule has 2 aromatic heterocycles. The normalized spacial score (nSPS) is 11.1. The second kappa shape index (κ2) is 9.36. The highest BCUT2D eigenvalue weighted by molar-refractivity contribution is 7.92. The van der Waals surface area contributed by atoms with E-state index in [1.54, 1.807) is 68.6 Å². The van der Waals surface area contributed by atoms with Crippen molar-refractivity contribution in [3.8, 4) is 5.82 Å². The molecule has 4 aromatic rings. The van der Waals surface area contributed by atoms with Crippen molar-refractivity contribution in [3.05, 3.63) is 90.4 Å². The van der Waals surface area contributed by atoms with Gasteiger partial charge in [0.15, 0.2) is 5.82 Å². The van der Waals surface area contributed by atoms with Crippen molar-refractivity contribution in [2.75, 3.05) is 22.0 Å². The number of aromatic nitrogens is 3. The molecule has 2 amide bonds. The molecule has 0 aliphatic carbocycles. The number of para-hydroxylation sites is 1. The summed E-state index contributed by atoms with van der Waals surface area (Å²) in [6.45, 7) is 3.36. The smallest absolute Gasteiger partial charge is 0.308 e. The van der Waals surface area contributed by atoms with E-state index in [0.29, 0.717) is 34.3 Å². The third-order valence-electron chi connectivity index (χ3n) is 5.23. The van der Waals surface area contributed by atoms with E-state index in [4.69, 9.17) is 0 Å². The fourth-order valence-corrected chi connectivity index (χ4v) is 5.10. The summed E-state index contributed by atoms with van der Waals surface area (Å²) in [6, 6.07) is 20.6. The minimum absolute atomic E-state index is 0.130. The number of pyridine rings is 1. The number of sulfonamides is 1. The summed E-state index contributed by atoms with van der Waals surface area (Å²) < 4.78 is 29.6. The van der Waals surface area contributed by atoms with E-state index in [2.05, 4.69) is 20.7 Å². The molecule has 0 radical (unpaired) electrons. The molecule has 4 rings (SSSR count). The summed E-state index contributed by atoms with van der Waals surface area (Å²) in [5, 5.41) is 9.86. The number of nitrogens with one attached hydrogen (secondary N) is 2. The van der Waals surface area contributed by atoms with Crippen molar-refractivity contribution in [3.63, 3.8) is 0 Å². The number of hydrogen-bond donors (Lipinski definition) is 2. The number of hydrogen-bond acceptors (Lipinski definition) is 5. The summed E-state index contributed by atoms with van der Waals surface area (Å²) in [6.07, 6.45) is 1.63. The highest BCUT2D eigenvalue weighted by atomic mass is 32.2. The van der Waals surface area contributed by atoms with E-state index in [1.807, 2.05) is 24.3 Å². The molecule has 0 fully saturated rings. The first kappa shape index (κ1) is 23.0. The largest absolute Gasteiger partial charge is 0.323 e. The summed E-state index contributed by atoms with van der Waals surface area (Å²) in [5.74, 6) is 0.538. The first-order valence-corrected chi connectivity index (χ1v) is 11.9. The quantitative estimate of drug-likeness (QED) is 0.430. The lowest BCUT2D eigenvalue weighted by atomic mass is 10.3. The van der Waals surface area contributed by atoms with E-state index in [-0.39, 0.29) is 4.90 Å². The van der Waals surface area contributed by atoms with Crippen LogP contribution in [0.15, 0.2) is 83.9 Å². The maximum atomic E-state index is 13.5. The Morgan fingerprint density at radius 2 is 1.50 bits per heavy atom. The van der Waals surface area contributed by atoms with E-state index < -0.39 is 16.1 Å². The van der Waals surface area contributed by atoms with E-state index in [1.165, 1.54) is 16.0 Å². The second-order valence-electron chi connectivity index (χ2n) is 7.56. The third kappa shape index (κ3) is 4.62. The van der Waals surface area contributed by atoms with Crippen molar-refractivity contribution in [1.29, 1.82) is 0 Å². The fraction of sp³-hybridized carbons (Fsp3) is 0.125. The van der Waals surface area contributed by atoms with Gasteiger partial charge in [0.1, 0.15) is 4.90 Å². The molecule has 2 N–H and O–H groups in total. The van der Waals surface area contributed by atoms with Gasteiger partial charge in [-0.15, -0.1) is 0 Å². The van der Waals surface area contributed by atoms with E-state index >= 15 is 0 Å². The Morgan fingerprint density at radius 1 is 0.882 bits per heavy atom. The number of anilines is 3. The predicted molar refractivity (Wildman–Crippen MR) is 132 cm³/mol. The van der Waals surface area contributed by atoms with Gasteiger partial charge in [-0.1, -0.05) is 24.3 Å². The molecule has 0 atom stereocenters. The van der Waals surface area contributed by atoms with E-state index in [9.17, 15) is 13.2 Å². The maximum absolute atomic E-state index is 13.5. The SMILES string of the molecule is Cc1nn(-c2ccccn2)c(C)c1S(=O)(=O)N(C)c1ccc(NC(=O)Nc2ccccc2)cc1. The zero-order chi connectivity index (χ0) is 24.3. The number of nitrogens with zero attached hydrogens (tertiary/aromatic N) is 4. The number of aryl methyl sites for hydroxylation is 1. The zero-order valence-electron chi connectivity index (χ0n) is 18.9. The summed E-state index contributed by atoms with van der Waals surface area (Å²) in [7, 11) is -2.41. The minimum atomic E-state index is -3.89. The highest BCUT2D eigenvalue weighted by Crippen LogP contribution is 2.28. The molecular weight excluding hydrogens is 452 g/mol. The van der Waals surface area contributed by atoms with Crippen molar-refractivity contribution in [1.82, 2.24) is 14.8 Å². The van der Waals surface area contributed by atoms with Gasteiger partial charge in [0, 0.05) is 24.6 Å². The van der Waals surface area contributed by atoms with E-state index in [0.717, 1.165) is 0 Å². The molecule has 0 aliphatic rings. The number of rotatable bonds is 6. The molecule has 0 saturated heterocycles. The van der Waals surface area contributed by atoms with Gasteiger partial charge in [-0.25, -0.2) is 22.9 Å². The van der Waals surface area contributed by atoms with Gasteiger partial charge in [0.05, 0.1) is 17.1 Å². The lowest BCUT2D eigenvalue weighted by Gasteiger charge is -2.20. The number of benzene rings is 2. The zero-order valence-corrected chi connectivity index (χ0v) is 19.7. The van der Waals surface area contributed by atoms with Crippen LogP contribution in [-0.4, -0.2) is 36.3 Å². The van der Waals surface area contributed by atoms with Crippen molar-refractivity contribution < 1.29 is 13.2 Å². The standard InChI is InChI=1S/C24H24N6O3S/c1-17-23(18(2)30(28-17)22-11-7-8-16-25-22)34(32,33)29(3)21-14-12-20(13-15-21)27-24(31)26-19-9-5-4-6-10-19/h4-16H,1-3H3,(H2,26,27,31). The van der Waals surface area contributed by atoms with Gasteiger partial charge in [0.25, 0.3) is 10.0 Å². The van der Waals surface area contributed by atoms with Crippen molar-refractivity contribution >= 4 is 33.1 Å². The van der Waals surface area contributed by atoms with Crippen LogP contribution in [0.25, 0.3) is 5.82 Å². The van der Waals surface area contributed by atoms with Crippen LogP contribution < -0.4 is 14.9 Å². The highest BCUT2D eigenvalue weighted by Gasteiger charge is 2.29. The average Bonchev–Trinajstić information content (AvgIpc) is 3.14. The Labute approximate surface area is 198 Å². The Kier molecular flexibility index (Phi) is 6.33. The number of urea groups is 1. The van der Waals surface area contributed by atoms with Crippen LogP contribution in [0, 0.1) is 13.8 Å². The molecule has 9 nitrogen and oxygen atoms in total. The van der Waals surface area contributed by atoms with Crippen LogP contribution in [0.5, 0.6) is 0 Å². The maximum Gasteiger partial charge on any atom is 0.323 e. The molecule has 2 aromatic carbocycles. The lowest BCUT2D eigenvalue weighted by Crippen LogP contribution is -2.27. The molecule has 10 heteroatoms. The first-order valence-electron chi connectivity index (χ1n) is 10.5. The molecule has 174 valence electrons. The molecule has 0 saturated carbocycles. The Bertz CT molecular complexity index is 1400. The van der Waals surface area contributed by atoms with Crippen LogP contribution in [0.4, 0.5) is 21.9 Å². The minimum Gasteiger partial charge on any atom is -0.308 e. The Hall–Kier alpha value is -4.18. The summed E-state index contributed by atoms with van der Waals surface area (Å²) in [5.41, 5.74) is 2.49. The van der Waals surface area contributed by atoms with Gasteiger partial charge in [-0.2, -0.15) is 5.10 Å². The molecule has 0 aliphatic heterocycles. The van der Waals surface area contributed by atoms with Crippen LogP contribution >= 0.6 is 0 Å². The van der Waals surface area contributed by atoms with Gasteiger partial charge in [-0.05, 0) is 62.4 Å². The number of carbonyl (C=O) groups is 1. The van der Waals surface area contributed by atoms with Crippen LogP contribution in [0.2, 0.25) is 0 Å². The second-order valence-corrected chi connectivity index (χ2v) is 9.47. The number of amides is 2. The molecule has 0 bridgehead atoms. The van der Waals surface area contributed by atoms with Gasteiger partial charge < -0.3 is 10.6 Å². The summed E-state index contributed by atoms with van der Waals surface area (Å²) in [4.78, 5) is 16.6. The molecule has 0 unspecified atom stereocenters. The van der Waals surface area contributed by atoms with Crippen LogP contribution in [-0.2, 0) is 10.0 Å². The van der Waals surface area contributed by atoms with Gasteiger partial charge in [0.2, 0.25) is 0 Å². The fourth-order valence-electron chi connectivity index (χ4n) is 3.55. The molecule has 0 spiro atoms. The van der Waals surface area contributed by atoms with Gasteiger partial charge >= 0.3 is 6.03 Å². The number of carbonyl (C=O) groups excluding carboxylic acids is 1. The molecule has 2 heterocycles. The van der Waals surface area contributed by atoms with Crippen LogP contribution in [0.1, 0.15) is 11.4 Å². The van der Waals surface area contributed by atoms with Crippen LogP contribution in [0.3, 0.4) is 0 Å². The monoisotopic (exact) mass is 476 g/mol. The molecule has 34 heavy (non-hydrogen) atoms. The van der Waals surface area contributed by atoms with Crippen molar-refractivity contribution in [2.45, 2.75) is 18.7 Å². The first-order chi connectivity index (χ1) is 16.3. The average molecular weight is 477 g/mol. The lowest BCUT2D eigenvalue weighted by molar-refractivity contribution is 0.262. The van der Waals surface area contributed by atoms with Gasteiger partial charge in [-0.3, -0.25) is 4.31 Å². The Balaban J connectivity index is 1.53. The third-order valence-corrected chi connectivity index (χ3v) is 7.27.